The maximum atomic E-state index is 13.6. The highest BCUT2D eigenvalue weighted by Crippen LogP contribution is 2.35. The summed E-state index contributed by atoms with van der Waals surface area (Å²) >= 11 is 0. The monoisotopic (exact) mass is 362 g/mol. The average Bonchev–Trinajstić information content (AvgIpc) is 3.09. The minimum absolute atomic E-state index is 0.0354. The molecule has 0 radical (unpaired) electrons. The number of nitrogens with zero attached hydrogens (tertiary/aromatic N) is 1. The largest absolute Gasteiger partial charge is 0.377 e. The Morgan fingerprint density at radius 2 is 2.12 bits per heavy atom. The smallest absolute Gasteiger partial charge is 0.317 e. The summed E-state index contributed by atoms with van der Waals surface area (Å²) in [7, 11) is 0. The van der Waals surface area contributed by atoms with E-state index >= 15 is 0 Å². The van der Waals surface area contributed by atoms with Gasteiger partial charge in [-0.15, -0.1) is 0 Å². The van der Waals surface area contributed by atoms with Crippen LogP contribution in [0.25, 0.3) is 0 Å². The van der Waals surface area contributed by atoms with Crippen molar-refractivity contribution in [2.75, 3.05) is 19.7 Å². The molecule has 3 rings (SSSR count). The molecule has 1 N–H and O–H groups in total. The number of hydrogen-bond acceptors (Lipinski definition) is 2. The molecule has 0 bridgehead atoms. The molecule has 2 aliphatic heterocycles. The second kappa shape index (κ2) is 7.95. The standard InChI is InChI=1S/C21H31FN2O2/c1-21(2,3)19-16(8-6-12-26-19)14-23-20(25)24-11-5-10-18(24)15-7-4-9-17(22)13-15/h4,7,9,13,16,18-19H,5-6,8,10-12,14H2,1-3H3,(H,23,25)/t16-,18-,19-/m1/s1. The Balaban J connectivity index is 1.62. The topological polar surface area (TPSA) is 41.6 Å². The fraction of sp³-hybridized carbons (Fsp3) is 0.667. The summed E-state index contributed by atoms with van der Waals surface area (Å²) in [6, 6.07) is 6.53. The first-order valence-electron chi connectivity index (χ1n) is 9.78. The van der Waals surface area contributed by atoms with Crippen molar-refractivity contribution < 1.29 is 13.9 Å². The van der Waals surface area contributed by atoms with Crippen LogP contribution in [-0.2, 0) is 4.74 Å². The zero-order valence-corrected chi connectivity index (χ0v) is 16.1. The number of carbonyl (C=O) groups excluding carboxylic acids is 1. The molecule has 1 aromatic rings. The Morgan fingerprint density at radius 1 is 1.31 bits per heavy atom. The first-order chi connectivity index (χ1) is 12.4. The second-order valence-electron chi connectivity index (χ2n) is 8.65. The van der Waals surface area contributed by atoms with Gasteiger partial charge >= 0.3 is 6.03 Å². The molecule has 2 saturated heterocycles. The Hall–Kier alpha value is -1.62. The Bertz CT molecular complexity index is 629. The van der Waals surface area contributed by atoms with E-state index in [9.17, 15) is 9.18 Å². The van der Waals surface area contributed by atoms with Crippen LogP contribution >= 0.6 is 0 Å². The maximum Gasteiger partial charge on any atom is 0.317 e. The van der Waals surface area contributed by atoms with Gasteiger partial charge in [0.2, 0.25) is 0 Å². The molecular formula is C21H31FN2O2. The van der Waals surface area contributed by atoms with E-state index < -0.39 is 0 Å². The minimum Gasteiger partial charge on any atom is -0.377 e. The summed E-state index contributed by atoms with van der Waals surface area (Å²) in [6.45, 7) is 8.74. The number of rotatable bonds is 3. The van der Waals surface area contributed by atoms with Crippen molar-refractivity contribution in [1.82, 2.24) is 10.2 Å². The number of nitrogens with one attached hydrogen (secondary N) is 1. The van der Waals surface area contributed by atoms with Crippen LogP contribution in [0.5, 0.6) is 0 Å². The molecule has 144 valence electrons. The van der Waals surface area contributed by atoms with Crippen molar-refractivity contribution in [2.45, 2.75) is 58.6 Å². The van der Waals surface area contributed by atoms with E-state index in [1.165, 1.54) is 6.07 Å². The summed E-state index contributed by atoms with van der Waals surface area (Å²) in [4.78, 5) is 14.6. The number of ether oxygens (including phenoxy) is 1. The fourth-order valence-corrected chi connectivity index (χ4v) is 4.40. The van der Waals surface area contributed by atoms with Crippen LogP contribution in [0.2, 0.25) is 0 Å². The summed E-state index contributed by atoms with van der Waals surface area (Å²) in [5.74, 6) is 0.0880. The van der Waals surface area contributed by atoms with E-state index in [2.05, 4.69) is 26.1 Å². The highest BCUT2D eigenvalue weighted by atomic mass is 19.1. The quantitative estimate of drug-likeness (QED) is 0.859. The van der Waals surface area contributed by atoms with Crippen LogP contribution in [0, 0.1) is 17.2 Å². The van der Waals surface area contributed by atoms with E-state index in [0.717, 1.165) is 44.4 Å². The van der Waals surface area contributed by atoms with E-state index in [1.807, 2.05) is 11.0 Å². The molecule has 3 atom stereocenters. The highest BCUT2D eigenvalue weighted by molar-refractivity contribution is 5.75. The van der Waals surface area contributed by atoms with Gasteiger partial charge in [-0.1, -0.05) is 32.9 Å². The van der Waals surface area contributed by atoms with Crippen LogP contribution in [0.1, 0.15) is 58.1 Å². The van der Waals surface area contributed by atoms with Gasteiger partial charge in [0.1, 0.15) is 5.82 Å². The molecule has 2 aliphatic rings. The number of halogens is 1. The molecule has 0 aromatic heterocycles. The van der Waals surface area contributed by atoms with Crippen molar-refractivity contribution in [3.8, 4) is 0 Å². The lowest BCUT2D eigenvalue weighted by molar-refractivity contribution is -0.0839. The van der Waals surface area contributed by atoms with Crippen LogP contribution in [0.3, 0.4) is 0 Å². The maximum absolute atomic E-state index is 13.6. The van der Waals surface area contributed by atoms with E-state index in [1.54, 1.807) is 12.1 Å². The molecule has 1 aromatic carbocycles. The van der Waals surface area contributed by atoms with E-state index in [4.69, 9.17) is 4.74 Å². The molecule has 5 heteroatoms. The average molecular weight is 362 g/mol. The fourth-order valence-electron chi connectivity index (χ4n) is 4.40. The SMILES string of the molecule is CC(C)(C)[C@@H]1OCCC[C@@H]1CNC(=O)N1CCC[C@@H]1c1cccc(F)c1. The number of benzene rings is 1. The number of likely N-dealkylation sites (tertiary alicyclic amines) is 1. The summed E-state index contributed by atoms with van der Waals surface area (Å²) in [5, 5.41) is 3.12. The van der Waals surface area contributed by atoms with Crippen molar-refractivity contribution in [2.24, 2.45) is 11.3 Å². The van der Waals surface area contributed by atoms with Gasteiger partial charge in [0.05, 0.1) is 12.1 Å². The number of carbonyl (C=O) groups is 1. The number of hydrogen-bond donors (Lipinski definition) is 1. The third-order valence-corrected chi connectivity index (χ3v) is 5.56. The Labute approximate surface area is 156 Å². The summed E-state index contributed by atoms with van der Waals surface area (Å²) < 4.78 is 19.6. The zero-order valence-electron chi connectivity index (χ0n) is 16.1. The minimum atomic E-state index is -0.248. The summed E-state index contributed by atoms with van der Waals surface area (Å²) in [5.41, 5.74) is 0.944. The van der Waals surface area contributed by atoms with Crippen LogP contribution in [0.4, 0.5) is 9.18 Å². The molecule has 0 saturated carbocycles. The van der Waals surface area contributed by atoms with Gasteiger partial charge in [-0.3, -0.25) is 0 Å². The van der Waals surface area contributed by atoms with Crippen molar-refractivity contribution in [3.05, 3.63) is 35.6 Å². The molecular weight excluding hydrogens is 331 g/mol. The molecule has 2 amide bonds. The normalized spacial score (nSPS) is 26.8. The third kappa shape index (κ3) is 4.37. The molecule has 26 heavy (non-hydrogen) atoms. The van der Waals surface area contributed by atoms with Crippen LogP contribution < -0.4 is 5.32 Å². The van der Waals surface area contributed by atoms with E-state index in [0.29, 0.717) is 12.5 Å². The van der Waals surface area contributed by atoms with Crippen molar-refractivity contribution in [1.29, 1.82) is 0 Å². The zero-order chi connectivity index (χ0) is 18.7. The van der Waals surface area contributed by atoms with E-state index in [-0.39, 0.29) is 29.4 Å². The van der Waals surface area contributed by atoms with Gasteiger partial charge in [0, 0.05) is 25.6 Å². The molecule has 0 unspecified atom stereocenters. The number of urea groups is 1. The first-order valence-corrected chi connectivity index (χ1v) is 9.78. The predicted octanol–water partition coefficient (Wildman–Crippen LogP) is 4.51. The Kier molecular flexibility index (Phi) is 5.86. The molecule has 0 aliphatic carbocycles. The van der Waals surface area contributed by atoms with Gasteiger partial charge < -0.3 is 15.0 Å². The van der Waals surface area contributed by atoms with Gasteiger partial charge in [-0.25, -0.2) is 9.18 Å². The highest BCUT2D eigenvalue weighted by Gasteiger charge is 2.36. The predicted molar refractivity (Wildman–Crippen MR) is 100 cm³/mol. The van der Waals surface area contributed by atoms with Crippen LogP contribution in [0.15, 0.2) is 24.3 Å². The number of amides is 2. The second-order valence-corrected chi connectivity index (χ2v) is 8.65. The first kappa shape index (κ1) is 19.2. The van der Waals surface area contributed by atoms with Gasteiger partial charge in [0.15, 0.2) is 0 Å². The third-order valence-electron chi connectivity index (χ3n) is 5.56. The molecule has 4 nitrogen and oxygen atoms in total. The lowest BCUT2D eigenvalue weighted by atomic mass is 9.78. The van der Waals surface area contributed by atoms with Crippen molar-refractivity contribution >= 4 is 6.03 Å². The van der Waals surface area contributed by atoms with Gasteiger partial charge in [-0.2, -0.15) is 0 Å². The molecule has 2 fully saturated rings. The van der Waals surface area contributed by atoms with Crippen LogP contribution in [-0.4, -0.2) is 36.7 Å². The van der Waals surface area contributed by atoms with Gasteiger partial charge in [0.25, 0.3) is 0 Å². The Morgan fingerprint density at radius 3 is 2.85 bits per heavy atom. The lowest BCUT2D eigenvalue weighted by Gasteiger charge is -2.40. The summed E-state index contributed by atoms with van der Waals surface area (Å²) in [6.07, 6.45) is 4.12. The lowest BCUT2D eigenvalue weighted by Crippen LogP contribution is -2.47. The molecule has 2 heterocycles. The molecule has 0 spiro atoms. The van der Waals surface area contributed by atoms with Gasteiger partial charge in [-0.05, 0) is 48.8 Å². The van der Waals surface area contributed by atoms with Crippen molar-refractivity contribution in [3.63, 3.8) is 0 Å².